The molecule has 1 amide bonds. The van der Waals surface area contributed by atoms with Crippen molar-refractivity contribution in [2.24, 2.45) is 0 Å². The zero-order valence-corrected chi connectivity index (χ0v) is 11.5. The molecule has 0 fully saturated rings. The summed E-state index contributed by atoms with van der Waals surface area (Å²) < 4.78 is 2.03. The Balaban J connectivity index is 2.27. The molecule has 2 aromatic heterocycles. The third-order valence-electron chi connectivity index (χ3n) is 3.68. The van der Waals surface area contributed by atoms with Gasteiger partial charge in [0.15, 0.2) is 0 Å². The van der Waals surface area contributed by atoms with Crippen LogP contribution in [0.4, 0.5) is 5.69 Å². The van der Waals surface area contributed by atoms with Crippen LogP contribution in [0.5, 0.6) is 0 Å². The summed E-state index contributed by atoms with van der Waals surface area (Å²) in [7, 11) is 0. The molecular formula is C17H13N3O. The second-order valence-corrected chi connectivity index (χ2v) is 5.05. The van der Waals surface area contributed by atoms with Crippen LogP contribution in [-0.2, 0) is 4.79 Å². The fourth-order valence-corrected chi connectivity index (χ4v) is 2.86. The van der Waals surface area contributed by atoms with Crippen LogP contribution in [0.2, 0.25) is 0 Å². The zero-order chi connectivity index (χ0) is 14.4. The highest BCUT2D eigenvalue weighted by atomic mass is 16.1. The summed E-state index contributed by atoms with van der Waals surface area (Å²) in [5, 5.41) is 5.02. The van der Waals surface area contributed by atoms with Crippen LogP contribution in [0.3, 0.4) is 0 Å². The van der Waals surface area contributed by atoms with Gasteiger partial charge in [-0.3, -0.25) is 9.20 Å². The minimum absolute atomic E-state index is 0.0749. The zero-order valence-electron chi connectivity index (χ0n) is 11.5. The van der Waals surface area contributed by atoms with E-state index < -0.39 is 0 Å². The first-order valence-electron chi connectivity index (χ1n) is 6.80. The van der Waals surface area contributed by atoms with Gasteiger partial charge in [-0.05, 0) is 12.1 Å². The van der Waals surface area contributed by atoms with E-state index in [0.717, 1.165) is 33.0 Å². The topological polar surface area (TPSA) is 46.4 Å². The Bertz CT molecular complexity index is 1000. The molecule has 0 atom stereocenters. The van der Waals surface area contributed by atoms with E-state index in [4.69, 9.17) is 0 Å². The van der Waals surface area contributed by atoms with Crippen LogP contribution in [-0.4, -0.2) is 15.3 Å². The van der Waals surface area contributed by atoms with Gasteiger partial charge in [0.05, 0.1) is 22.2 Å². The Kier molecular flexibility index (Phi) is 2.44. The predicted octanol–water partition coefficient (Wildman–Crippen LogP) is 3.60. The molecule has 0 unspecified atom stereocenters. The van der Waals surface area contributed by atoms with E-state index >= 15 is 0 Å². The first-order chi connectivity index (χ1) is 10.3. The number of rotatable bonds is 1. The maximum absolute atomic E-state index is 11.6. The summed E-state index contributed by atoms with van der Waals surface area (Å²) in [5.41, 5.74) is 3.78. The van der Waals surface area contributed by atoms with Crippen LogP contribution >= 0.6 is 0 Å². The molecule has 0 saturated heterocycles. The molecule has 4 nitrogen and oxygen atoms in total. The second-order valence-electron chi connectivity index (χ2n) is 5.05. The maximum atomic E-state index is 11.6. The highest BCUT2D eigenvalue weighted by Crippen LogP contribution is 2.34. The smallest absolute Gasteiger partial charge is 0.221 e. The molecular weight excluding hydrogens is 262 g/mol. The summed E-state index contributed by atoms with van der Waals surface area (Å²) in [5.74, 6) is -0.0749. The second kappa shape index (κ2) is 4.31. The average Bonchev–Trinajstić information content (AvgIpc) is 2.82. The van der Waals surface area contributed by atoms with Gasteiger partial charge in [-0.15, -0.1) is 0 Å². The molecule has 2 heterocycles. The molecule has 4 aromatic rings. The predicted molar refractivity (Wildman–Crippen MR) is 84.5 cm³/mol. The standard InChI is InChI=1S/C17H13N3O/c1-11(21)19-16-13-7-3-5-9-15(13)20-10-18-14-8-4-2-6-12(14)17(16)20/h2-10H,1H3,(H,19,21). The van der Waals surface area contributed by atoms with Crippen LogP contribution in [0.1, 0.15) is 6.92 Å². The third-order valence-corrected chi connectivity index (χ3v) is 3.68. The SMILES string of the molecule is CC(=O)Nc1c2ccccc2n2cnc3ccccc3c12. The van der Waals surface area contributed by atoms with Gasteiger partial charge < -0.3 is 5.32 Å². The molecule has 0 spiro atoms. The van der Waals surface area contributed by atoms with E-state index in [1.807, 2.05) is 59.3 Å². The highest BCUT2D eigenvalue weighted by molar-refractivity contribution is 6.15. The van der Waals surface area contributed by atoms with Crippen molar-refractivity contribution in [3.63, 3.8) is 0 Å². The third kappa shape index (κ3) is 1.69. The molecule has 0 aliphatic carbocycles. The Morgan fingerprint density at radius 2 is 1.76 bits per heavy atom. The van der Waals surface area contributed by atoms with Crippen molar-refractivity contribution in [2.45, 2.75) is 6.92 Å². The molecule has 0 aliphatic heterocycles. The minimum atomic E-state index is -0.0749. The number of nitrogens with one attached hydrogen (secondary N) is 1. The summed E-state index contributed by atoms with van der Waals surface area (Å²) in [4.78, 5) is 16.1. The van der Waals surface area contributed by atoms with E-state index in [0.29, 0.717) is 0 Å². The quantitative estimate of drug-likeness (QED) is 0.577. The molecule has 0 aliphatic rings. The number of amides is 1. The number of hydrogen-bond acceptors (Lipinski definition) is 2. The van der Waals surface area contributed by atoms with Gasteiger partial charge in [-0.2, -0.15) is 0 Å². The molecule has 0 bridgehead atoms. The van der Waals surface area contributed by atoms with Gasteiger partial charge in [0.1, 0.15) is 6.33 Å². The van der Waals surface area contributed by atoms with Crippen molar-refractivity contribution in [1.82, 2.24) is 9.38 Å². The average molecular weight is 275 g/mol. The molecule has 2 aromatic carbocycles. The Labute approximate surface area is 121 Å². The summed E-state index contributed by atoms with van der Waals surface area (Å²) >= 11 is 0. The first-order valence-corrected chi connectivity index (χ1v) is 6.80. The monoisotopic (exact) mass is 275 g/mol. The summed E-state index contributed by atoms with van der Waals surface area (Å²) in [6, 6.07) is 16.0. The number of hydrogen-bond donors (Lipinski definition) is 1. The minimum Gasteiger partial charge on any atom is -0.324 e. The lowest BCUT2D eigenvalue weighted by Gasteiger charge is -2.05. The largest absolute Gasteiger partial charge is 0.324 e. The van der Waals surface area contributed by atoms with Crippen LogP contribution in [0.25, 0.3) is 27.3 Å². The Morgan fingerprint density at radius 1 is 1.05 bits per heavy atom. The van der Waals surface area contributed by atoms with Gasteiger partial charge in [0.2, 0.25) is 5.91 Å². The molecule has 1 N–H and O–H groups in total. The van der Waals surface area contributed by atoms with Gasteiger partial charge in [-0.1, -0.05) is 36.4 Å². The first kappa shape index (κ1) is 11.9. The van der Waals surface area contributed by atoms with E-state index in [1.165, 1.54) is 6.92 Å². The molecule has 102 valence electrons. The molecule has 4 heteroatoms. The van der Waals surface area contributed by atoms with Crippen molar-refractivity contribution < 1.29 is 4.79 Å². The molecule has 0 saturated carbocycles. The number of anilines is 1. The lowest BCUT2D eigenvalue weighted by atomic mass is 10.1. The van der Waals surface area contributed by atoms with Crippen molar-refractivity contribution in [2.75, 3.05) is 5.32 Å². The normalized spacial score (nSPS) is 11.3. The lowest BCUT2D eigenvalue weighted by molar-refractivity contribution is -0.114. The van der Waals surface area contributed by atoms with Crippen LogP contribution < -0.4 is 5.32 Å². The molecule has 0 radical (unpaired) electrons. The van der Waals surface area contributed by atoms with Crippen molar-refractivity contribution in [3.05, 3.63) is 54.9 Å². The number of aromatic nitrogens is 2. The Morgan fingerprint density at radius 3 is 2.57 bits per heavy atom. The highest BCUT2D eigenvalue weighted by Gasteiger charge is 2.15. The van der Waals surface area contributed by atoms with Crippen molar-refractivity contribution >= 4 is 38.9 Å². The number of carbonyl (C=O) groups excluding carboxylic acids is 1. The number of para-hydroxylation sites is 2. The molecule has 4 rings (SSSR count). The number of fused-ring (bicyclic) bond motifs is 5. The van der Waals surface area contributed by atoms with E-state index in [1.54, 1.807) is 0 Å². The maximum Gasteiger partial charge on any atom is 0.221 e. The number of nitrogens with zero attached hydrogens (tertiary/aromatic N) is 2. The van der Waals surface area contributed by atoms with E-state index in [-0.39, 0.29) is 5.91 Å². The number of benzene rings is 2. The van der Waals surface area contributed by atoms with Gasteiger partial charge in [-0.25, -0.2) is 4.98 Å². The Hall–Kier alpha value is -2.88. The van der Waals surface area contributed by atoms with Crippen LogP contribution in [0.15, 0.2) is 54.9 Å². The van der Waals surface area contributed by atoms with Gasteiger partial charge in [0.25, 0.3) is 0 Å². The summed E-state index contributed by atoms with van der Waals surface area (Å²) in [6.07, 6.45) is 1.81. The van der Waals surface area contributed by atoms with E-state index in [9.17, 15) is 4.79 Å². The number of carbonyl (C=O) groups is 1. The lowest BCUT2D eigenvalue weighted by Crippen LogP contribution is -2.05. The fraction of sp³-hybridized carbons (Fsp3) is 0.0588. The van der Waals surface area contributed by atoms with Crippen LogP contribution in [0, 0.1) is 0 Å². The molecule has 21 heavy (non-hydrogen) atoms. The van der Waals surface area contributed by atoms with E-state index in [2.05, 4.69) is 10.3 Å². The fourth-order valence-electron chi connectivity index (χ4n) is 2.86. The van der Waals surface area contributed by atoms with Crippen molar-refractivity contribution in [1.29, 1.82) is 0 Å². The summed E-state index contributed by atoms with van der Waals surface area (Å²) in [6.45, 7) is 1.53. The van der Waals surface area contributed by atoms with Gasteiger partial charge >= 0.3 is 0 Å². The van der Waals surface area contributed by atoms with Gasteiger partial charge in [0, 0.05) is 17.7 Å². The van der Waals surface area contributed by atoms with Crippen molar-refractivity contribution in [3.8, 4) is 0 Å².